The van der Waals surface area contributed by atoms with Gasteiger partial charge in [0.2, 0.25) is 5.89 Å². The third kappa shape index (κ3) is 2.80. The van der Waals surface area contributed by atoms with Crippen LogP contribution >= 0.6 is 0 Å². The highest BCUT2D eigenvalue weighted by Crippen LogP contribution is 2.23. The summed E-state index contributed by atoms with van der Waals surface area (Å²) >= 11 is 0. The lowest BCUT2D eigenvalue weighted by atomic mass is 10.1. The average Bonchev–Trinajstić information content (AvgIpc) is 2.87. The molecule has 0 saturated carbocycles. The van der Waals surface area contributed by atoms with Crippen LogP contribution in [0.5, 0.6) is 0 Å². The Morgan fingerprint density at radius 2 is 2.44 bits per heavy atom. The molecule has 1 aliphatic heterocycles. The lowest BCUT2D eigenvalue weighted by Crippen LogP contribution is -2.13. The first-order chi connectivity index (χ1) is 7.79. The van der Waals surface area contributed by atoms with Gasteiger partial charge in [-0.1, -0.05) is 5.16 Å². The van der Waals surface area contributed by atoms with Gasteiger partial charge in [-0.3, -0.25) is 0 Å². The fourth-order valence-electron chi connectivity index (χ4n) is 2.10. The number of rotatable bonds is 5. The van der Waals surface area contributed by atoms with Crippen LogP contribution in [0, 0.1) is 0 Å². The summed E-state index contributed by atoms with van der Waals surface area (Å²) in [6.45, 7) is 3.17. The average molecular weight is 224 g/mol. The van der Waals surface area contributed by atoms with Crippen LogP contribution in [0.3, 0.4) is 0 Å². The molecule has 0 radical (unpaired) electrons. The van der Waals surface area contributed by atoms with Gasteiger partial charge in [0.15, 0.2) is 5.82 Å². The van der Waals surface area contributed by atoms with E-state index in [1.165, 1.54) is 0 Å². The molecule has 1 aromatic heterocycles. The predicted molar refractivity (Wildman–Crippen MR) is 61.4 cm³/mol. The second-order valence-electron chi connectivity index (χ2n) is 4.50. The minimum atomic E-state index is 0.465. The number of aromatic nitrogens is 2. The molecule has 5 heteroatoms. The molecular formula is C11H20N4O. The van der Waals surface area contributed by atoms with Crippen molar-refractivity contribution in [3.8, 4) is 0 Å². The molecule has 0 spiro atoms. The highest BCUT2D eigenvalue weighted by atomic mass is 16.5. The van der Waals surface area contributed by atoms with Crippen LogP contribution in [-0.4, -0.2) is 48.8 Å². The van der Waals surface area contributed by atoms with E-state index in [4.69, 9.17) is 4.52 Å². The summed E-state index contributed by atoms with van der Waals surface area (Å²) in [4.78, 5) is 6.77. The fourth-order valence-corrected chi connectivity index (χ4v) is 2.10. The second kappa shape index (κ2) is 5.41. The number of likely N-dealkylation sites (N-methyl/N-ethyl adjacent to an activating group) is 1. The van der Waals surface area contributed by atoms with Gasteiger partial charge < -0.3 is 14.7 Å². The second-order valence-corrected chi connectivity index (χ2v) is 4.50. The van der Waals surface area contributed by atoms with E-state index in [1.807, 2.05) is 7.05 Å². The Labute approximate surface area is 96.2 Å². The molecule has 16 heavy (non-hydrogen) atoms. The molecule has 0 amide bonds. The van der Waals surface area contributed by atoms with E-state index >= 15 is 0 Å². The van der Waals surface area contributed by atoms with Crippen LogP contribution in [0.25, 0.3) is 0 Å². The first kappa shape index (κ1) is 11.5. The number of hydrogen-bond acceptors (Lipinski definition) is 5. The largest absolute Gasteiger partial charge is 0.339 e. The lowest BCUT2D eigenvalue weighted by Gasteiger charge is -2.05. The highest BCUT2D eigenvalue weighted by molar-refractivity contribution is 4.99. The fraction of sp³-hybridized carbons (Fsp3) is 0.818. The minimum Gasteiger partial charge on any atom is -0.339 e. The maximum Gasteiger partial charge on any atom is 0.226 e. The number of nitrogens with one attached hydrogen (secondary N) is 1. The molecule has 2 rings (SSSR count). The zero-order chi connectivity index (χ0) is 11.4. The summed E-state index contributed by atoms with van der Waals surface area (Å²) in [6, 6.07) is 0. The smallest absolute Gasteiger partial charge is 0.226 e. The van der Waals surface area contributed by atoms with Crippen molar-refractivity contribution in [2.75, 3.05) is 33.7 Å². The molecule has 1 aliphatic rings. The molecule has 0 aromatic carbocycles. The van der Waals surface area contributed by atoms with E-state index in [0.717, 1.165) is 50.6 Å². The van der Waals surface area contributed by atoms with Crippen molar-refractivity contribution >= 4 is 0 Å². The molecular weight excluding hydrogens is 204 g/mol. The quantitative estimate of drug-likeness (QED) is 0.744. The Morgan fingerprint density at radius 3 is 3.12 bits per heavy atom. The molecule has 1 aromatic rings. The van der Waals surface area contributed by atoms with Gasteiger partial charge in [0.05, 0.1) is 0 Å². The summed E-state index contributed by atoms with van der Waals surface area (Å²) < 4.78 is 5.25. The van der Waals surface area contributed by atoms with E-state index in [0.29, 0.717) is 5.92 Å². The lowest BCUT2D eigenvalue weighted by molar-refractivity contribution is 0.364. The van der Waals surface area contributed by atoms with Crippen LogP contribution in [0.1, 0.15) is 30.5 Å². The summed E-state index contributed by atoms with van der Waals surface area (Å²) in [5.41, 5.74) is 0. The van der Waals surface area contributed by atoms with E-state index in [-0.39, 0.29) is 0 Å². The van der Waals surface area contributed by atoms with Gasteiger partial charge in [0.25, 0.3) is 0 Å². The number of nitrogens with zero attached hydrogens (tertiary/aromatic N) is 3. The molecule has 1 fully saturated rings. The van der Waals surface area contributed by atoms with Gasteiger partial charge in [-0.25, -0.2) is 0 Å². The standard InChI is InChI=1S/C11H20N4O/c1-12-6-3-4-10-13-11(14-16-10)9-5-7-15(2)8-9/h9,12H,3-8H2,1-2H3. The van der Waals surface area contributed by atoms with Gasteiger partial charge in [0, 0.05) is 18.9 Å². The van der Waals surface area contributed by atoms with Crippen LogP contribution in [-0.2, 0) is 6.42 Å². The zero-order valence-electron chi connectivity index (χ0n) is 10.1. The van der Waals surface area contributed by atoms with Crippen molar-refractivity contribution in [2.24, 2.45) is 0 Å². The Balaban J connectivity index is 1.87. The molecule has 1 saturated heterocycles. The Kier molecular flexibility index (Phi) is 3.90. The van der Waals surface area contributed by atoms with Crippen LogP contribution in [0.15, 0.2) is 4.52 Å². The zero-order valence-corrected chi connectivity index (χ0v) is 10.1. The van der Waals surface area contributed by atoms with Gasteiger partial charge in [0.1, 0.15) is 0 Å². The molecule has 5 nitrogen and oxygen atoms in total. The van der Waals surface area contributed by atoms with Crippen LogP contribution in [0.2, 0.25) is 0 Å². The van der Waals surface area contributed by atoms with Gasteiger partial charge in [-0.2, -0.15) is 4.98 Å². The van der Waals surface area contributed by atoms with Crippen molar-refractivity contribution in [1.29, 1.82) is 0 Å². The molecule has 1 N–H and O–H groups in total. The van der Waals surface area contributed by atoms with Gasteiger partial charge >= 0.3 is 0 Å². The molecule has 1 unspecified atom stereocenters. The topological polar surface area (TPSA) is 54.2 Å². The molecule has 0 bridgehead atoms. The van der Waals surface area contributed by atoms with Crippen LogP contribution < -0.4 is 5.32 Å². The normalized spacial score (nSPS) is 21.8. The monoisotopic (exact) mass is 224 g/mol. The Bertz CT molecular complexity index is 326. The number of hydrogen-bond donors (Lipinski definition) is 1. The molecule has 1 atom stereocenters. The maximum atomic E-state index is 5.25. The van der Waals surface area contributed by atoms with E-state index in [1.54, 1.807) is 0 Å². The maximum absolute atomic E-state index is 5.25. The van der Waals surface area contributed by atoms with Gasteiger partial charge in [-0.05, 0) is 40.0 Å². The van der Waals surface area contributed by atoms with Gasteiger partial charge in [-0.15, -0.1) is 0 Å². The van der Waals surface area contributed by atoms with E-state index < -0.39 is 0 Å². The summed E-state index contributed by atoms with van der Waals surface area (Å²) in [7, 11) is 4.08. The van der Waals surface area contributed by atoms with Crippen molar-refractivity contribution in [3.05, 3.63) is 11.7 Å². The van der Waals surface area contributed by atoms with Crippen molar-refractivity contribution in [1.82, 2.24) is 20.4 Å². The highest BCUT2D eigenvalue weighted by Gasteiger charge is 2.25. The molecule has 2 heterocycles. The summed E-state index contributed by atoms with van der Waals surface area (Å²) in [5, 5.41) is 7.19. The Morgan fingerprint density at radius 1 is 1.56 bits per heavy atom. The summed E-state index contributed by atoms with van der Waals surface area (Å²) in [6.07, 6.45) is 3.06. The van der Waals surface area contributed by atoms with Crippen LogP contribution in [0.4, 0.5) is 0 Å². The minimum absolute atomic E-state index is 0.465. The first-order valence-corrected chi connectivity index (χ1v) is 5.95. The third-order valence-electron chi connectivity index (χ3n) is 3.06. The Hall–Kier alpha value is -0.940. The van der Waals surface area contributed by atoms with E-state index in [2.05, 4.69) is 27.4 Å². The predicted octanol–water partition coefficient (Wildman–Crippen LogP) is 0.641. The van der Waals surface area contributed by atoms with Crippen molar-refractivity contribution < 1.29 is 4.52 Å². The molecule has 0 aliphatic carbocycles. The van der Waals surface area contributed by atoms with E-state index in [9.17, 15) is 0 Å². The number of likely N-dealkylation sites (tertiary alicyclic amines) is 1. The SMILES string of the molecule is CNCCCc1nc(C2CCN(C)C2)no1. The van der Waals surface area contributed by atoms with Crippen molar-refractivity contribution in [3.63, 3.8) is 0 Å². The number of aryl methyl sites for hydroxylation is 1. The first-order valence-electron chi connectivity index (χ1n) is 5.95. The van der Waals surface area contributed by atoms with Crippen molar-refractivity contribution in [2.45, 2.75) is 25.2 Å². The summed E-state index contributed by atoms with van der Waals surface area (Å²) in [5.74, 6) is 2.13. The molecule has 90 valence electrons. The third-order valence-corrected chi connectivity index (χ3v) is 3.06.